The van der Waals surface area contributed by atoms with Crippen LogP contribution < -0.4 is 0 Å². The van der Waals surface area contributed by atoms with Crippen molar-refractivity contribution < 1.29 is 0 Å². The fourth-order valence-corrected chi connectivity index (χ4v) is 1.12. The molecule has 0 amide bonds. The van der Waals surface area contributed by atoms with Crippen molar-refractivity contribution in [2.24, 2.45) is 0 Å². The minimum Gasteiger partial charge on any atom is -0.346 e. The maximum absolute atomic E-state index is 5.95. The lowest BCUT2D eigenvalue weighted by Crippen LogP contribution is -1.80. The highest BCUT2D eigenvalue weighted by Crippen LogP contribution is 2.10. The van der Waals surface area contributed by atoms with E-state index in [9.17, 15) is 0 Å². The Morgan fingerprint density at radius 2 is 2.29 bits per heavy atom. The van der Waals surface area contributed by atoms with Gasteiger partial charge in [-0.15, -0.1) is 0 Å². The predicted octanol–water partition coefficient (Wildman–Crippen LogP) is 3.35. The highest BCUT2D eigenvalue weighted by atomic mass is 35.5. The third kappa shape index (κ3) is 3.38. The van der Waals surface area contributed by atoms with Crippen LogP contribution >= 0.6 is 11.6 Å². The molecule has 1 N–H and O–H groups in total. The number of aromatic amines is 1. The summed E-state index contributed by atoms with van der Waals surface area (Å²) in [6.45, 7) is 5.93. The van der Waals surface area contributed by atoms with Crippen molar-refractivity contribution in [2.75, 3.05) is 0 Å². The van der Waals surface area contributed by atoms with E-state index in [1.54, 1.807) is 0 Å². The van der Waals surface area contributed by atoms with Crippen molar-refractivity contribution >= 4 is 11.6 Å². The molecule has 1 aromatic rings. The van der Waals surface area contributed by atoms with Gasteiger partial charge in [-0.3, -0.25) is 0 Å². The average Bonchev–Trinajstić information content (AvgIpc) is 2.51. The fourth-order valence-electron chi connectivity index (χ4n) is 1.03. The molecule has 0 aliphatic rings. The van der Waals surface area contributed by atoms with Crippen molar-refractivity contribution in [3.8, 4) is 0 Å². The van der Waals surface area contributed by atoms with Gasteiger partial charge in [-0.2, -0.15) is 0 Å². The minimum atomic E-state index is 0.807. The molecule has 1 rings (SSSR count). The smallest absolute Gasteiger partial charge is 0.103 e. The number of halogens is 1. The lowest BCUT2D eigenvalue weighted by molar-refractivity contribution is 1.09. The van der Waals surface area contributed by atoms with Gasteiger partial charge in [-0.25, -0.2) is 4.98 Å². The van der Waals surface area contributed by atoms with Crippen molar-refractivity contribution in [3.05, 3.63) is 40.5 Å². The Kier molecular flexibility index (Phi) is 3.96. The Morgan fingerprint density at radius 1 is 1.57 bits per heavy atom. The van der Waals surface area contributed by atoms with Crippen LogP contribution in [0.1, 0.15) is 25.4 Å². The summed E-state index contributed by atoms with van der Waals surface area (Å²) in [6.07, 6.45) is 6.63. The van der Waals surface area contributed by atoms with Crippen LogP contribution in [0.25, 0.3) is 0 Å². The first-order valence-corrected chi connectivity index (χ1v) is 4.97. The molecule has 0 radical (unpaired) electrons. The van der Waals surface area contributed by atoms with Gasteiger partial charge in [0.1, 0.15) is 5.82 Å². The lowest BCUT2D eigenvalue weighted by atomic mass is 10.2. The van der Waals surface area contributed by atoms with Crippen molar-refractivity contribution in [3.63, 3.8) is 0 Å². The molecule has 0 bridgehead atoms. The number of aryl methyl sites for hydroxylation is 1. The second-order valence-electron chi connectivity index (χ2n) is 3.45. The molecule has 0 aliphatic heterocycles. The van der Waals surface area contributed by atoms with Crippen LogP contribution in [0.5, 0.6) is 0 Å². The Hall–Kier alpha value is -1.02. The van der Waals surface area contributed by atoms with E-state index in [4.69, 9.17) is 11.6 Å². The van der Waals surface area contributed by atoms with Gasteiger partial charge in [0.15, 0.2) is 0 Å². The maximum atomic E-state index is 5.95. The molecule has 76 valence electrons. The highest BCUT2D eigenvalue weighted by Gasteiger charge is 1.93. The zero-order chi connectivity index (χ0) is 10.6. The van der Waals surface area contributed by atoms with E-state index < -0.39 is 0 Å². The third-order valence-corrected chi connectivity index (χ3v) is 2.34. The highest BCUT2D eigenvalue weighted by molar-refractivity contribution is 6.31. The molecule has 0 spiro atoms. The first-order valence-electron chi connectivity index (χ1n) is 4.59. The van der Waals surface area contributed by atoms with Crippen molar-refractivity contribution in [1.82, 2.24) is 9.97 Å². The number of H-pyrrole nitrogens is 1. The predicted molar refractivity (Wildman–Crippen MR) is 60.4 cm³/mol. The van der Waals surface area contributed by atoms with Crippen molar-refractivity contribution in [1.29, 1.82) is 0 Å². The molecule has 2 nitrogen and oxygen atoms in total. The second-order valence-corrected chi connectivity index (χ2v) is 3.86. The summed E-state index contributed by atoms with van der Waals surface area (Å²) in [5.41, 5.74) is 2.24. The molecule has 0 unspecified atom stereocenters. The quantitative estimate of drug-likeness (QED) is 0.762. The van der Waals surface area contributed by atoms with Crippen molar-refractivity contribution in [2.45, 2.75) is 27.2 Å². The van der Waals surface area contributed by atoms with Gasteiger partial charge in [0.25, 0.3) is 0 Å². The summed E-state index contributed by atoms with van der Waals surface area (Å²) in [7, 11) is 0. The van der Waals surface area contributed by atoms with E-state index in [0.29, 0.717) is 0 Å². The van der Waals surface area contributed by atoms with Crippen LogP contribution in [0.2, 0.25) is 0 Å². The van der Waals surface area contributed by atoms with Gasteiger partial charge >= 0.3 is 0 Å². The van der Waals surface area contributed by atoms with Crippen LogP contribution in [0, 0.1) is 6.92 Å². The monoisotopic (exact) mass is 210 g/mol. The summed E-state index contributed by atoms with van der Waals surface area (Å²) < 4.78 is 0. The Labute approximate surface area is 89.7 Å². The Morgan fingerprint density at radius 3 is 2.79 bits per heavy atom. The van der Waals surface area contributed by atoms with Gasteiger partial charge in [0.2, 0.25) is 0 Å². The van der Waals surface area contributed by atoms with Crippen LogP contribution in [0.3, 0.4) is 0 Å². The fraction of sp³-hybridized carbons (Fsp3) is 0.364. The molecule has 0 aliphatic carbocycles. The summed E-state index contributed by atoms with van der Waals surface area (Å²) in [6, 6.07) is 0. The summed E-state index contributed by atoms with van der Waals surface area (Å²) in [5, 5.41) is 0.807. The van der Waals surface area contributed by atoms with E-state index in [1.165, 1.54) is 0 Å². The number of nitrogens with one attached hydrogen (secondary N) is 1. The summed E-state index contributed by atoms with van der Waals surface area (Å²) in [5.74, 6) is 0.946. The van der Waals surface area contributed by atoms with E-state index in [0.717, 1.165) is 28.5 Å². The number of imidazole rings is 1. The molecule has 0 saturated heterocycles. The maximum Gasteiger partial charge on any atom is 0.103 e. The van der Waals surface area contributed by atoms with Gasteiger partial charge in [0, 0.05) is 23.3 Å². The molecule has 14 heavy (non-hydrogen) atoms. The van der Waals surface area contributed by atoms with Gasteiger partial charge < -0.3 is 4.98 Å². The minimum absolute atomic E-state index is 0.807. The van der Waals surface area contributed by atoms with Gasteiger partial charge in [0.05, 0.1) is 0 Å². The van der Waals surface area contributed by atoms with Gasteiger partial charge in [-0.05, 0) is 26.8 Å². The number of hydrogen-bond donors (Lipinski definition) is 1. The second kappa shape index (κ2) is 5.01. The molecule has 0 saturated carbocycles. The molecule has 0 fully saturated rings. The van der Waals surface area contributed by atoms with E-state index >= 15 is 0 Å². The molecule has 3 heteroatoms. The summed E-state index contributed by atoms with van der Waals surface area (Å²) >= 11 is 5.95. The first-order chi connectivity index (χ1) is 6.59. The van der Waals surface area contributed by atoms with Gasteiger partial charge in [-0.1, -0.05) is 23.3 Å². The number of hydrogen-bond acceptors (Lipinski definition) is 1. The standard InChI is InChI=1S/C11H15ClN2/c1-8(2)11(12)6-4-5-10-7-13-9(3)14-10/h4,6-7H,5H2,1-3H3,(H,13,14). The van der Waals surface area contributed by atoms with Crippen LogP contribution in [-0.2, 0) is 6.42 Å². The lowest BCUT2D eigenvalue weighted by Gasteiger charge is -1.92. The topological polar surface area (TPSA) is 28.7 Å². The molecule has 0 atom stereocenters. The first kappa shape index (κ1) is 11.1. The Bertz CT molecular complexity index is 357. The zero-order valence-corrected chi connectivity index (χ0v) is 9.52. The van der Waals surface area contributed by atoms with Crippen LogP contribution in [0.15, 0.2) is 29.0 Å². The number of aromatic nitrogens is 2. The third-order valence-electron chi connectivity index (χ3n) is 1.84. The normalized spacial score (nSPS) is 10.9. The van der Waals surface area contributed by atoms with Crippen LogP contribution in [0.4, 0.5) is 0 Å². The largest absolute Gasteiger partial charge is 0.346 e. The average molecular weight is 211 g/mol. The molecular weight excluding hydrogens is 196 g/mol. The molecular formula is C11H15ClN2. The van der Waals surface area contributed by atoms with E-state index in [-0.39, 0.29) is 0 Å². The molecule has 1 aromatic heterocycles. The Balaban J connectivity index is 2.53. The molecule has 0 aromatic carbocycles. The zero-order valence-electron chi connectivity index (χ0n) is 8.76. The number of rotatable bonds is 3. The SMILES string of the molecule is CC(C)=C(Cl)C=CCc1cnc(C)[nH]1. The summed E-state index contributed by atoms with van der Waals surface area (Å²) in [4.78, 5) is 7.27. The molecule has 1 heterocycles. The number of nitrogens with zero attached hydrogens (tertiary/aromatic N) is 1. The van der Waals surface area contributed by atoms with Crippen LogP contribution in [-0.4, -0.2) is 9.97 Å². The van der Waals surface area contributed by atoms with E-state index in [1.807, 2.05) is 39.1 Å². The number of allylic oxidation sites excluding steroid dienone is 4. The van der Waals surface area contributed by atoms with E-state index in [2.05, 4.69) is 9.97 Å².